The Kier molecular flexibility index (Phi) is 5.45. The summed E-state index contributed by atoms with van der Waals surface area (Å²) in [6.45, 7) is 0. The van der Waals surface area contributed by atoms with E-state index in [0.717, 1.165) is 0 Å². The van der Waals surface area contributed by atoms with Crippen molar-refractivity contribution in [2.75, 3.05) is 17.7 Å². The minimum absolute atomic E-state index is 0.0923. The molecule has 0 aromatic heterocycles. The van der Waals surface area contributed by atoms with Crippen LogP contribution in [0.5, 0.6) is 0 Å². The van der Waals surface area contributed by atoms with E-state index in [-0.39, 0.29) is 18.0 Å². The Balaban J connectivity index is 2.00. The average molecular weight is 329 g/mol. The second-order valence-corrected chi connectivity index (χ2v) is 4.80. The number of anilines is 2. The maximum Gasteiger partial charge on any atom is 0.411 e. The molecule has 0 fully saturated rings. The molecule has 0 saturated carbocycles. The zero-order chi connectivity index (χ0) is 17.5. The number of amides is 2. The van der Waals surface area contributed by atoms with Gasteiger partial charge in [-0.25, -0.2) is 4.79 Å². The molecule has 0 bridgehead atoms. The number of nitro groups is 1. The van der Waals surface area contributed by atoms with Crippen molar-refractivity contribution in [3.05, 3.63) is 64.2 Å². The zero-order valence-electron chi connectivity index (χ0n) is 12.8. The van der Waals surface area contributed by atoms with Crippen LogP contribution in [0.1, 0.15) is 5.56 Å². The molecule has 2 rings (SSSR count). The Bertz CT molecular complexity index is 759. The molecule has 0 atom stereocenters. The van der Waals surface area contributed by atoms with Crippen LogP contribution >= 0.6 is 0 Å². The first-order valence-electron chi connectivity index (χ1n) is 6.97. The Labute approximate surface area is 137 Å². The lowest BCUT2D eigenvalue weighted by Gasteiger charge is -2.07. The lowest BCUT2D eigenvalue weighted by atomic mass is 10.1. The van der Waals surface area contributed by atoms with E-state index in [2.05, 4.69) is 15.4 Å². The smallest absolute Gasteiger partial charge is 0.411 e. The van der Waals surface area contributed by atoms with E-state index in [4.69, 9.17) is 0 Å². The Hall–Kier alpha value is -3.42. The van der Waals surface area contributed by atoms with E-state index >= 15 is 0 Å². The number of para-hydroxylation sites is 1. The molecule has 8 nitrogen and oxygen atoms in total. The van der Waals surface area contributed by atoms with Crippen LogP contribution in [0.25, 0.3) is 0 Å². The molecular formula is C16H15N3O5. The van der Waals surface area contributed by atoms with Crippen LogP contribution in [-0.4, -0.2) is 24.0 Å². The highest BCUT2D eigenvalue weighted by Gasteiger charge is 2.15. The molecule has 2 amide bonds. The molecule has 0 aliphatic heterocycles. The molecule has 2 N–H and O–H groups in total. The number of carbonyl (C=O) groups is 2. The molecule has 0 saturated heterocycles. The molecule has 124 valence electrons. The molecule has 2 aromatic carbocycles. The molecule has 0 spiro atoms. The Morgan fingerprint density at radius 3 is 2.21 bits per heavy atom. The first-order valence-corrected chi connectivity index (χ1v) is 6.97. The largest absolute Gasteiger partial charge is 0.453 e. The van der Waals surface area contributed by atoms with Crippen molar-refractivity contribution in [1.29, 1.82) is 0 Å². The molecule has 2 aromatic rings. The first kappa shape index (κ1) is 16.9. The monoisotopic (exact) mass is 329 g/mol. The summed E-state index contributed by atoms with van der Waals surface area (Å²) < 4.78 is 4.47. The van der Waals surface area contributed by atoms with E-state index in [9.17, 15) is 19.7 Å². The van der Waals surface area contributed by atoms with Crippen LogP contribution in [0.2, 0.25) is 0 Å². The summed E-state index contributed by atoms with van der Waals surface area (Å²) >= 11 is 0. The van der Waals surface area contributed by atoms with Crippen molar-refractivity contribution in [1.82, 2.24) is 0 Å². The van der Waals surface area contributed by atoms with Gasteiger partial charge in [0.05, 0.1) is 18.5 Å². The van der Waals surface area contributed by atoms with Crippen molar-refractivity contribution in [3.63, 3.8) is 0 Å². The number of hydrogen-bond donors (Lipinski definition) is 2. The lowest BCUT2D eigenvalue weighted by Crippen LogP contribution is -2.15. The summed E-state index contributed by atoms with van der Waals surface area (Å²) in [4.78, 5) is 33.5. The van der Waals surface area contributed by atoms with Gasteiger partial charge < -0.3 is 10.1 Å². The fraction of sp³-hybridized carbons (Fsp3) is 0.125. The summed E-state index contributed by atoms with van der Waals surface area (Å²) in [7, 11) is 1.26. The highest BCUT2D eigenvalue weighted by Crippen LogP contribution is 2.19. The molecule has 0 aliphatic carbocycles. The van der Waals surface area contributed by atoms with Gasteiger partial charge in [0.15, 0.2) is 0 Å². The summed E-state index contributed by atoms with van der Waals surface area (Å²) in [5.74, 6) is -0.377. The second kappa shape index (κ2) is 7.73. The number of benzene rings is 2. The van der Waals surface area contributed by atoms with E-state index in [1.54, 1.807) is 42.5 Å². The highest BCUT2D eigenvalue weighted by molar-refractivity contribution is 5.93. The SMILES string of the molecule is COC(=O)Nc1ccc(NC(=O)Cc2ccccc2[N+](=O)[O-])cc1. The lowest BCUT2D eigenvalue weighted by molar-refractivity contribution is -0.385. The quantitative estimate of drug-likeness (QED) is 0.647. The fourth-order valence-electron chi connectivity index (χ4n) is 2.02. The van der Waals surface area contributed by atoms with E-state index < -0.39 is 11.0 Å². The number of rotatable bonds is 5. The van der Waals surface area contributed by atoms with Crippen LogP contribution < -0.4 is 10.6 Å². The Morgan fingerprint density at radius 1 is 1.04 bits per heavy atom. The van der Waals surface area contributed by atoms with Gasteiger partial charge in [-0.3, -0.25) is 20.2 Å². The van der Waals surface area contributed by atoms with Crippen molar-refractivity contribution in [2.24, 2.45) is 0 Å². The van der Waals surface area contributed by atoms with Gasteiger partial charge in [-0.1, -0.05) is 18.2 Å². The number of carbonyl (C=O) groups excluding carboxylic acids is 2. The molecule has 0 radical (unpaired) electrons. The van der Waals surface area contributed by atoms with Crippen molar-refractivity contribution < 1.29 is 19.2 Å². The summed E-state index contributed by atoms with van der Waals surface area (Å²) in [6.07, 6.45) is -0.706. The third-order valence-corrected chi connectivity index (χ3v) is 3.14. The fourth-order valence-corrected chi connectivity index (χ4v) is 2.02. The van der Waals surface area contributed by atoms with Crippen molar-refractivity contribution in [3.8, 4) is 0 Å². The summed E-state index contributed by atoms with van der Waals surface area (Å²) in [5, 5.41) is 16.1. The third-order valence-electron chi connectivity index (χ3n) is 3.14. The van der Waals surface area contributed by atoms with Gasteiger partial charge in [0.1, 0.15) is 0 Å². The molecule has 8 heteroatoms. The van der Waals surface area contributed by atoms with Gasteiger partial charge in [0.2, 0.25) is 5.91 Å². The van der Waals surface area contributed by atoms with Crippen molar-refractivity contribution >= 4 is 29.1 Å². The van der Waals surface area contributed by atoms with Gasteiger partial charge in [-0.2, -0.15) is 0 Å². The predicted octanol–water partition coefficient (Wildman–Crippen LogP) is 2.95. The Morgan fingerprint density at radius 2 is 1.62 bits per heavy atom. The minimum atomic E-state index is -0.594. The number of nitrogens with zero attached hydrogens (tertiary/aromatic N) is 1. The van der Waals surface area contributed by atoms with Crippen LogP contribution in [-0.2, 0) is 16.0 Å². The van der Waals surface area contributed by atoms with Crippen LogP contribution in [0, 0.1) is 10.1 Å². The van der Waals surface area contributed by atoms with Crippen LogP contribution in [0.4, 0.5) is 21.9 Å². The van der Waals surface area contributed by atoms with E-state index in [1.807, 2.05) is 0 Å². The molecular weight excluding hydrogens is 314 g/mol. The molecule has 24 heavy (non-hydrogen) atoms. The van der Waals surface area contributed by atoms with E-state index in [1.165, 1.54) is 13.2 Å². The number of nitrogens with one attached hydrogen (secondary N) is 2. The van der Waals surface area contributed by atoms with Gasteiger partial charge in [0.25, 0.3) is 5.69 Å². The van der Waals surface area contributed by atoms with Gasteiger partial charge >= 0.3 is 6.09 Å². The maximum atomic E-state index is 12.0. The van der Waals surface area contributed by atoms with Gasteiger partial charge in [-0.15, -0.1) is 0 Å². The van der Waals surface area contributed by atoms with E-state index in [0.29, 0.717) is 16.9 Å². The number of ether oxygens (including phenoxy) is 1. The normalized spacial score (nSPS) is 9.88. The molecule has 0 heterocycles. The zero-order valence-corrected chi connectivity index (χ0v) is 12.8. The van der Waals surface area contributed by atoms with Crippen LogP contribution in [0.3, 0.4) is 0 Å². The van der Waals surface area contributed by atoms with Gasteiger partial charge in [0, 0.05) is 23.0 Å². The van der Waals surface area contributed by atoms with Crippen LogP contribution in [0.15, 0.2) is 48.5 Å². The minimum Gasteiger partial charge on any atom is -0.453 e. The third kappa shape index (κ3) is 4.54. The first-order chi connectivity index (χ1) is 11.5. The predicted molar refractivity (Wildman–Crippen MR) is 87.9 cm³/mol. The number of hydrogen-bond acceptors (Lipinski definition) is 5. The molecule has 0 aliphatic rings. The highest BCUT2D eigenvalue weighted by atomic mass is 16.6. The van der Waals surface area contributed by atoms with Gasteiger partial charge in [-0.05, 0) is 24.3 Å². The second-order valence-electron chi connectivity index (χ2n) is 4.80. The standard InChI is InChI=1S/C16H15N3O5/c1-24-16(21)18-13-8-6-12(7-9-13)17-15(20)10-11-4-2-3-5-14(11)19(22)23/h2-9H,10H2,1H3,(H,17,20)(H,18,21). The van der Waals surface area contributed by atoms with Crippen molar-refractivity contribution in [2.45, 2.75) is 6.42 Å². The summed E-state index contributed by atoms with van der Waals surface area (Å²) in [5.41, 5.74) is 1.27. The maximum absolute atomic E-state index is 12.0. The average Bonchev–Trinajstić information content (AvgIpc) is 2.56. The summed E-state index contributed by atoms with van der Waals surface area (Å²) in [6, 6.07) is 12.5. The number of methoxy groups -OCH3 is 1. The molecule has 0 unspecified atom stereocenters. The number of nitro benzene ring substituents is 1. The topological polar surface area (TPSA) is 111 Å².